The standard InChI is InChI=1S/C20H24F2N4O5S/c1-25-15-10-17(27)16(26-11-18(28)24-32(26,30)31)9-13(15)8-14(19(25)29)23-7-4-12-2-5-20(21,22)6-3-12/h8-10,12,23,27H,2-7,11H2,1H3,(H,24,28). The lowest BCUT2D eigenvalue weighted by Crippen LogP contribution is -2.29. The number of halogens is 2. The average molecular weight is 470 g/mol. The monoisotopic (exact) mass is 470 g/mol. The summed E-state index contributed by atoms with van der Waals surface area (Å²) < 4.78 is 54.9. The Labute approximate surface area is 183 Å². The van der Waals surface area contributed by atoms with E-state index in [1.807, 2.05) is 4.72 Å². The maximum absolute atomic E-state index is 13.3. The summed E-state index contributed by atoms with van der Waals surface area (Å²) in [6.45, 7) is -0.0282. The molecule has 1 aromatic heterocycles. The highest BCUT2D eigenvalue weighted by atomic mass is 32.2. The normalized spacial score (nSPS) is 20.5. The zero-order valence-electron chi connectivity index (χ0n) is 17.4. The second-order valence-electron chi connectivity index (χ2n) is 8.37. The van der Waals surface area contributed by atoms with Gasteiger partial charge >= 0.3 is 10.2 Å². The fourth-order valence-electron chi connectivity index (χ4n) is 4.28. The molecule has 0 radical (unpaired) electrons. The van der Waals surface area contributed by atoms with Gasteiger partial charge in [-0.3, -0.25) is 9.59 Å². The molecule has 32 heavy (non-hydrogen) atoms. The first-order valence-corrected chi connectivity index (χ1v) is 11.7. The molecule has 1 aromatic carbocycles. The maximum Gasteiger partial charge on any atom is 0.326 e. The average Bonchev–Trinajstić information content (AvgIpc) is 2.99. The lowest BCUT2D eigenvalue weighted by atomic mass is 9.85. The molecule has 1 amide bonds. The molecule has 4 rings (SSSR count). The largest absolute Gasteiger partial charge is 0.506 e. The summed E-state index contributed by atoms with van der Waals surface area (Å²) in [6.07, 6.45) is 1.32. The number of carbonyl (C=O) groups is 1. The Morgan fingerprint density at radius 1 is 1.22 bits per heavy atom. The van der Waals surface area contributed by atoms with Crippen LogP contribution in [0.3, 0.4) is 0 Å². The predicted molar refractivity (Wildman–Crippen MR) is 115 cm³/mol. The molecule has 1 aliphatic heterocycles. The van der Waals surface area contributed by atoms with Gasteiger partial charge in [0.1, 0.15) is 18.0 Å². The Bertz CT molecular complexity index is 1230. The van der Waals surface area contributed by atoms with Gasteiger partial charge in [0.15, 0.2) is 0 Å². The highest BCUT2D eigenvalue weighted by molar-refractivity contribution is 7.92. The zero-order valence-corrected chi connectivity index (χ0v) is 18.2. The molecule has 2 heterocycles. The molecular formula is C20H24F2N4O5S. The van der Waals surface area contributed by atoms with Crippen molar-refractivity contribution in [1.82, 2.24) is 9.29 Å². The molecular weight excluding hydrogens is 446 g/mol. The number of aromatic hydroxyl groups is 1. The zero-order chi connectivity index (χ0) is 23.3. The summed E-state index contributed by atoms with van der Waals surface area (Å²) in [7, 11) is -2.58. The van der Waals surface area contributed by atoms with Gasteiger partial charge in [-0.05, 0) is 37.3 Å². The fraction of sp³-hybridized carbons (Fsp3) is 0.500. The van der Waals surface area contributed by atoms with E-state index in [0.717, 1.165) is 4.31 Å². The molecule has 0 bridgehead atoms. The number of benzene rings is 1. The van der Waals surface area contributed by atoms with Crippen molar-refractivity contribution in [3.63, 3.8) is 0 Å². The number of rotatable bonds is 5. The molecule has 1 aliphatic carbocycles. The Hall–Kier alpha value is -2.89. The van der Waals surface area contributed by atoms with Crippen LogP contribution in [0.5, 0.6) is 5.75 Å². The number of nitrogens with zero attached hydrogens (tertiary/aromatic N) is 2. The SMILES string of the molecule is Cn1c(=O)c(NCCC2CCC(F)(F)CC2)cc2cc(N3CC(=O)NS3(=O)=O)c(O)cc21. The van der Waals surface area contributed by atoms with E-state index in [0.29, 0.717) is 36.7 Å². The van der Waals surface area contributed by atoms with E-state index < -0.39 is 28.6 Å². The number of phenols is 1. The van der Waals surface area contributed by atoms with E-state index in [-0.39, 0.29) is 41.4 Å². The summed E-state index contributed by atoms with van der Waals surface area (Å²) in [5.74, 6) is -3.51. The number of aryl methyl sites for hydroxylation is 1. The maximum atomic E-state index is 13.3. The molecule has 1 saturated heterocycles. The van der Waals surface area contributed by atoms with E-state index >= 15 is 0 Å². The molecule has 0 unspecified atom stereocenters. The third-order valence-corrected chi connectivity index (χ3v) is 7.51. The number of nitrogens with one attached hydrogen (secondary N) is 2. The van der Waals surface area contributed by atoms with Crippen molar-refractivity contribution in [2.75, 3.05) is 22.7 Å². The van der Waals surface area contributed by atoms with Crippen molar-refractivity contribution in [3.05, 3.63) is 28.6 Å². The minimum absolute atomic E-state index is 0.0800. The van der Waals surface area contributed by atoms with Crippen LogP contribution in [0.2, 0.25) is 0 Å². The van der Waals surface area contributed by atoms with Crippen LogP contribution < -0.4 is 19.9 Å². The van der Waals surface area contributed by atoms with E-state index in [2.05, 4.69) is 5.32 Å². The molecule has 12 heteroatoms. The van der Waals surface area contributed by atoms with Gasteiger partial charge in [-0.25, -0.2) is 17.8 Å². The predicted octanol–water partition coefficient (Wildman–Crippen LogP) is 2.05. The summed E-state index contributed by atoms with van der Waals surface area (Å²) in [4.78, 5) is 24.3. The van der Waals surface area contributed by atoms with E-state index in [4.69, 9.17) is 0 Å². The number of aromatic nitrogens is 1. The molecule has 2 aliphatic rings. The minimum Gasteiger partial charge on any atom is -0.506 e. The first kappa shape index (κ1) is 22.3. The van der Waals surface area contributed by atoms with Crippen molar-refractivity contribution in [2.24, 2.45) is 13.0 Å². The number of alkyl halides is 2. The van der Waals surface area contributed by atoms with Crippen LogP contribution in [0.25, 0.3) is 10.9 Å². The van der Waals surface area contributed by atoms with Gasteiger partial charge in [0.05, 0.1) is 11.2 Å². The Kier molecular flexibility index (Phi) is 5.51. The lowest BCUT2D eigenvalue weighted by molar-refractivity contribution is -0.117. The molecule has 9 nitrogen and oxygen atoms in total. The fourth-order valence-corrected chi connectivity index (χ4v) is 5.44. The van der Waals surface area contributed by atoms with Crippen LogP contribution in [0.1, 0.15) is 32.1 Å². The van der Waals surface area contributed by atoms with Gasteiger partial charge in [-0.2, -0.15) is 8.42 Å². The van der Waals surface area contributed by atoms with Crippen LogP contribution in [-0.4, -0.2) is 43.0 Å². The number of fused-ring (bicyclic) bond motifs is 1. The summed E-state index contributed by atoms with van der Waals surface area (Å²) in [5.41, 5.74) is 0.234. The van der Waals surface area contributed by atoms with E-state index in [1.54, 1.807) is 6.07 Å². The molecule has 0 atom stereocenters. The second-order valence-corrected chi connectivity index (χ2v) is 9.97. The number of phenolic OH excluding ortho intramolecular Hbond substituents is 1. The van der Waals surface area contributed by atoms with Gasteiger partial charge in [-0.1, -0.05) is 0 Å². The molecule has 1 saturated carbocycles. The van der Waals surface area contributed by atoms with Crippen molar-refractivity contribution in [3.8, 4) is 5.75 Å². The minimum atomic E-state index is -4.11. The molecule has 0 spiro atoms. The number of hydrogen-bond donors (Lipinski definition) is 3. The van der Waals surface area contributed by atoms with Crippen molar-refractivity contribution >= 4 is 38.4 Å². The highest BCUT2D eigenvalue weighted by Gasteiger charge is 2.36. The molecule has 174 valence electrons. The second kappa shape index (κ2) is 7.91. The Morgan fingerprint density at radius 2 is 1.91 bits per heavy atom. The van der Waals surface area contributed by atoms with Crippen LogP contribution in [0.4, 0.5) is 20.2 Å². The van der Waals surface area contributed by atoms with Gasteiger partial charge in [-0.15, -0.1) is 0 Å². The van der Waals surface area contributed by atoms with Gasteiger partial charge in [0.2, 0.25) is 5.92 Å². The smallest absolute Gasteiger partial charge is 0.326 e. The third kappa shape index (κ3) is 4.23. The van der Waals surface area contributed by atoms with Crippen molar-refractivity contribution in [1.29, 1.82) is 0 Å². The van der Waals surface area contributed by atoms with Crippen LogP contribution in [0.15, 0.2) is 23.0 Å². The summed E-state index contributed by atoms with van der Waals surface area (Å²) in [6, 6.07) is 4.22. The molecule has 3 N–H and O–H groups in total. The van der Waals surface area contributed by atoms with Gasteiger partial charge in [0.25, 0.3) is 11.5 Å². The number of anilines is 2. The van der Waals surface area contributed by atoms with Crippen LogP contribution >= 0.6 is 0 Å². The van der Waals surface area contributed by atoms with Crippen molar-refractivity contribution < 1.29 is 27.1 Å². The van der Waals surface area contributed by atoms with Crippen LogP contribution in [-0.2, 0) is 22.1 Å². The van der Waals surface area contributed by atoms with E-state index in [1.165, 1.54) is 23.7 Å². The first-order chi connectivity index (χ1) is 15.0. The third-order valence-electron chi connectivity index (χ3n) is 6.11. The number of hydrogen-bond acceptors (Lipinski definition) is 6. The highest BCUT2D eigenvalue weighted by Crippen LogP contribution is 2.37. The summed E-state index contributed by atoms with van der Waals surface area (Å²) >= 11 is 0. The Morgan fingerprint density at radius 3 is 2.53 bits per heavy atom. The van der Waals surface area contributed by atoms with E-state index in [9.17, 15) is 31.9 Å². The number of amides is 1. The Balaban J connectivity index is 1.58. The summed E-state index contributed by atoms with van der Waals surface area (Å²) in [5, 5.41) is 13.9. The topological polar surface area (TPSA) is 121 Å². The van der Waals surface area contributed by atoms with Gasteiger partial charge < -0.3 is 15.0 Å². The van der Waals surface area contributed by atoms with Crippen LogP contribution in [0, 0.1) is 5.92 Å². The number of carbonyl (C=O) groups excluding carboxylic acids is 1. The quantitative estimate of drug-likeness (QED) is 0.615. The molecule has 2 aromatic rings. The van der Waals surface area contributed by atoms with Gasteiger partial charge in [0, 0.05) is 37.9 Å². The first-order valence-electron chi connectivity index (χ1n) is 10.3. The molecule has 2 fully saturated rings. The number of pyridine rings is 1. The van der Waals surface area contributed by atoms with Crippen molar-refractivity contribution in [2.45, 2.75) is 38.0 Å². The lowest BCUT2D eigenvalue weighted by Gasteiger charge is -2.28.